The summed E-state index contributed by atoms with van der Waals surface area (Å²) in [5.74, 6) is -0.390. The highest BCUT2D eigenvalue weighted by Gasteiger charge is 2.13. The van der Waals surface area contributed by atoms with Crippen LogP contribution in [0.2, 0.25) is 0 Å². The monoisotopic (exact) mass is 298 g/mol. The van der Waals surface area contributed by atoms with Gasteiger partial charge < -0.3 is 5.32 Å². The maximum Gasteiger partial charge on any atom is 0.161 e. The molecule has 92 valence electrons. The molecule has 1 aromatic carbocycles. The minimum atomic E-state index is -0.390. The predicted octanol–water partition coefficient (Wildman–Crippen LogP) is 4.45. The second-order valence-corrected chi connectivity index (χ2v) is 4.73. The van der Waals surface area contributed by atoms with Crippen LogP contribution in [0.5, 0.6) is 0 Å². The Bertz CT molecular complexity index is 426. The zero-order valence-corrected chi connectivity index (χ0v) is 11.6. The molecule has 1 aromatic rings. The number of benzene rings is 1. The van der Waals surface area contributed by atoms with Gasteiger partial charge in [0, 0.05) is 6.04 Å². The Morgan fingerprint density at radius 1 is 1.47 bits per heavy atom. The highest BCUT2D eigenvalue weighted by Crippen LogP contribution is 2.27. The smallest absolute Gasteiger partial charge is 0.161 e. The summed E-state index contributed by atoms with van der Waals surface area (Å²) in [5, 5.41) is 12.0. The molecule has 0 aliphatic heterocycles. The fourth-order valence-electron chi connectivity index (χ4n) is 1.69. The molecule has 1 unspecified atom stereocenters. The Kier molecular flexibility index (Phi) is 5.43. The molecule has 0 aromatic heterocycles. The third-order valence-electron chi connectivity index (χ3n) is 2.69. The standard InChI is InChI=1S/C13H16BrFN2/c1-3-5-10(4-2)17-11-7-6-9(8-16)12(14)13(11)15/h6-7,10,17H,3-5H2,1-2H3. The molecule has 2 nitrogen and oxygen atoms in total. The van der Waals surface area contributed by atoms with Crippen LogP contribution in [0.25, 0.3) is 0 Å². The largest absolute Gasteiger partial charge is 0.380 e. The van der Waals surface area contributed by atoms with E-state index < -0.39 is 5.82 Å². The number of anilines is 1. The van der Waals surface area contributed by atoms with Gasteiger partial charge in [0.25, 0.3) is 0 Å². The van der Waals surface area contributed by atoms with Crippen molar-refractivity contribution >= 4 is 21.6 Å². The van der Waals surface area contributed by atoms with Gasteiger partial charge in [-0.3, -0.25) is 0 Å². The van der Waals surface area contributed by atoms with Crippen molar-refractivity contribution in [3.63, 3.8) is 0 Å². The van der Waals surface area contributed by atoms with Gasteiger partial charge >= 0.3 is 0 Å². The van der Waals surface area contributed by atoms with E-state index in [2.05, 4.69) is 35.1 Å². The molecule has 0 radical (unpaired) electrons. The quantitative estimate of drug-likeness (QED) is 0.872. The van der Waals surface area contributed by atoms with Crippen molar-refractivity contribution < 1.29 is 4.39 Å². The van der Waals surface area contributed by atoms with E-state index in [1.54, 1.807) is 12.1 Å². The van der Waals surface area contributed by atoms with Gasteiger partial charge in [-0.15, -0.1) is 0 Å². The Balaban J connectivity index is 2.93. The van der Waals surface area contributed by atoms with Crippen LogP contribution in [-0.4, -0.2) is 6.04 Å². The molecular weight excluding hydrogens is 283 g/mol. The number of nitriles is 1. The van der Waals surface area contributed by atoms with Crippen LogP contribution in [0.15, 0.2) is 16.6 Å². The highest BCUT2D eigenvalue weighted by molar-refractivity contribution is 9.10. The van der Waals surface area contributed by atoms with E-state index in [0.29, 0.717) is 11.3 Å². The minimum Gasteiger partial charge on any atom is -0.380 e. The van der Waals surface area contributed by atoms with Crippen molar-refractivity contribution in [3.8, 4) is 6.07 Å². The van der Waals surface area contributed by atoms with Crippen molar-refractivity contribution in [1.82, 2.24) is 0 Å². The topological polar surface area (TPSA) is 35.8 Å². The van der Waals surface area contributed by atoms with Crippen molar-refractivity contribution in [2.75, 3.05) is 5.32 Å². The first-order valence-corrected chi connectivity index (χ1v) is 6.57. The normalized spacial score (nSPS) is 11.9. The van der Waals surface area contributed by atoms with Gasteiger partial charge in [-0.05, 0) is 40.9 Å². The van der Waals surface area contributed by atoms with Crippen LogP contribution >= 0.6 is 15.9 Å². The molecule has 0 saturated carbocycles. The zero-order chi connectivity index (χ0) is 12.8. The molecule has 0 spiro atoms. The summed E-state index contributed by atoms with van der Waals surface area (Å²) < 4.78 is 14.2. The molecule has 1 N–H and O–H groups in total. The van der Waals surface area contributed by atoms with E-state index in [1.165, 1.54) is 0 Å². The lowest BCUT2D eigenvalue weighted by atomic mass is 10.1. The molecule has 0 amide bonds. The molecular formula is C13H16BrFN2. The highest BCUT2D eigenvalue weighted by atomic mass is 79.9. The van der Waals surface area contributed by atoms with Gasteiger partial charge in [-0.25, -0.2) is 4.39 Å². The third-order valence-corrected chi connectivity index (χ3v) is 3.47. The van der Waals surface area contributed by atoms with Crippen LogP contribution in [0, 0.1) is 17.1 Å². The molecule has 4 heteroatoms. The summed E-state index contributed by atoms with van der Waals surface area (Å²) in [5.41, 5.74) is 0.771. The van der Waals surface area contributed by atoms with Crippen molar-refractivity contribution in [1.29, 1.82) is 5.26 Å². The van der Waals surface area contributed by atoms with E-state index in [1.807, 2.05) is 6.07 Å². The van der Waals surface area contributed by atoms with Crippen molar-refractivity contribution in [2.24, 2.45) is 0 Å². The number of hydrogen-bond acceptors (Lipinski definition) is 2. The Hall–Kier alpha value is -1.08. The lowest BCUT2D eigenvalue weighted by Gasteiger charge is -2.18. The van der Waals surface area contributed by atoms with E-state index in [0.717, 1.165) is 19.3 Å². The molecule has 1 atom stereocenters. The van der Waals surface area contributed by atoms with Gasteiger partial charge in [0.2, 0.25) is 0 Å². The fraction of sp³-hybridized carbons (Fsp3) is 0.462. The first kappa shape index (κ1) is 14.0. The van der Waals surface area contributed by atoms with Crippen LogP contribution in [0.4, 0.5) is 10.1 Å². The lowest BCUT2D eigenvalue weighted by molar-refractivity contribution is 0.595. The van der Waals surface area contributed by atoms with E-state index in [4.69, 9.17) is 5.26 Å². The molecule has 0 saturated heterocycles. The van der Waals surface area contributed by atoms with E-state index >= 15 is 0 Å². The average Bonchev–Trinajstić information content (AvgIpc) is 2.34. The summed E-state index contributed by atoms with van der Waals surface area (Å²) in [4.78, 5) is 0. The Labute approximate surface area is 110 Å². The summed E-state index contributed by atoms with van der Waals surface area (Å²) in [7, 11) is 0. The van der Waals surface area contributed by atoms with Crippen LogP contribution in [-0.2, 0) is 0 Å². The molecule has 0 heterocycles. The minimum absolute atomic E-state index is 0.233. The Morgan fingerprint density at radius 2 is 2.18 bits per heavy atom. The van der Waals surface area contributed by atoms with E-state index in [-0.39, 0.29) is 10.5 Å². The van der Waals surface area contributed by atoms with Gasteiger partial charge in [0.15, 0.2) is 5.82 Å². The van der Waals surface area contributed by atoms with Gasteiger partial charge in [-0.1, -0.05) is 20.3 Å². The van der Waals surface area contributed by atoms with Gasteiger partial charge in [0.05, 0.1) is 15.7 Å². The van der Waals surface area contributed by atoms with Gasteiger partial charge in [0.1, 0.15) is 6.07 Å². The van der Waals surface area contributed by atoms with Gasteiger partial charge in [-0.2, -0.15) is 5.26 Å². The maximum absolute atomic E-state index is 13.9. The van der Waals surface area contributed by atoms with Crippen molar-refractivity contribution in [2.45, 2.75) is 39.2 Å². The second-order valence-electron chi connectivity index (χ2n) is 3.94. The summed E-state index contributed by atoms with van der Waals surface area (Å²) in [6, 6.07) is 5.45. The van der Waals surface area contributed by atoms with E-state index in [9.17, 15) is 4.39 Å². The number of nitrogens with zero attached hydrogens (tertiary/aromatic N) is 1. The predicted molar refractivity (Wildman–Crippen MR) is 71.4 cm³/mol. The zero-order valence-electron chi connectivity index (χ0n) is 10.1. The Morgan fingerprint density at radius 3 is 2.71 bits per heavy atom. The first-order valence-electron chi connectivity index (χ1n) is 5.78. The molecule has 0 fully saturated rings. The van der Waals surface area contributed by atoms with Crippen LogP contribution < -0.4 is 5.32 Å². The third kappa shape index (κ3) is 3.44. The summed E-state index contributed by atoms with van der Waals surface area (Å²) in [6.45, 7) is 4.18. The molecule has 0 aliphatic carbocycles. The number of hydrogen-bond donors (Lipinski definition) is 1. The SMILES string of the molecule is CCCC(CC)Nc1ccc(C#N)c(Br)c1F. The fourth-order valence-corrected chi connectivity index (χ4v) is 2.13. The molecule has 0 aliphatic rings. The van der Waals surface area contributed by atoms with Crippen molar-refractivity contribution in [3.05, 3.63) is 28.0 Å². The number of halogens is 2. The first-order chi connectivity index (χ1) is 8.13. The maximum atomic E-state index is 13.9. The molecule has 0 bridgehead atoms. The molecule has 17 heavy (non-hydrogen) atoms. The lowest BCUT2D eigenvalue weighted by Crippen LogP contribution is -2.18. The number of rotatable bonds is 5. The van der Waals surface area contributed by atoms with Crippen LogP contribution in [0.1, 0.15) is 38.7 Å². The number of nitrogens with one attached hydrogen (secondary N) is 1. The summed E-state index contributed by atoms with van der Waals surface area (Å²) in [6.07, 6.45) is 3.02. The van der Waals surface area contributed by atoms with Crippen LogP contribution in [0.3, 0.4) is 0 Å². The average molecular weight is 299 g/mol. The second kappa shape index (κ2) is 6.61. The molecule has 1 rings (SSSR count). The summed E-state index contributed by atoms with van der Waals surface area (Å²) >= 11 is 3.10.